The number of aromatic nitrogens is 1. The highest BCUT2D eigenvalue weighted by Gasteiger charge is 2.26. The van der Waals surface area contributed by atoms with Crippen molar-refractivity contribution in [2.45, 2.75) is 50.1 Å². The summed E-state index contributed by atoms with van der Waals surface area (Å²) >= 11 is 0. The smallest absolute Gasteiger partial charge is 0.408 e. The lowest BCUT2D eigenvalue weighted by atomic mass is 10.1. The Morgan fingerprint density at radius 3 is 2.44 bits per heavy atom. The van der Waals surface area contributed by atoms with Gasteiger partial charge in [0, 0.05) is 19.2 Å². The number of rotatable bonds is 6. The van der Waals surface area contributed by atoms with E-state index in [9.17, 15) is 18.0 Å². The predicted molar refractivity (Wildman–Crippen MR) is 121 cm³/mol. The number of sulfonamides is 1. The fraction of sp³-hybridized carbons (Fsp3) is 0.391. The Hall–Kier alpha value is -2.91. The monoisotopic (exact) mass is 457 g/mol. The van der Waals surface area contributed by atoms with Crippen molar-refractivity contribution in [3.05, 3.63) is 64.6 Å². The Morgan fingerprint density at radius 1 is 1.06 bits per heavy atom. The number of oxazole rings is 1. The Morgan fingerprint density at radius 2 is 1.75 bits per heavy atom. The van der Waals surface area contributed by atoms with Crippen LogP contribution in [0.3, 0.4) is 0 Å². The summed E-state index contributed by atoms with van der Waals surface area (Å²) in [6.07, 6.45) is 3.72. The molecule has 32 heavy (non-hydrogen) atoms. The van der Waals surface area contributed by atoms with Crippen LogP contribution in [0.4, 0.5) is 0 Å². The van der Waals surface area contributed by atoms with E-state index in [2.05, 4.69) is 5.32 Å². The summed E-state index contributed by atoms with van der Waals surface area (Å²) in [5.74, 6) is -1.04. The van der Waals surface area contributed by atoms with Crippen LogP contribution in [0, 0.1) is 0 Å². The van der Waals surface area contributed by atoms with Gasteiger partial charge in [-0.25, -0.2) is 13.2 Å². The third-order valence-corrected chi connectivity index (χ3v) is 7.72. The number of hydrogen-bond donors (Lipinski definition) is 1. The Bertz CT molecular complexity index is 1260. The number of hydrogen-bond acceptors (Lipinski definition) is 5. The molecule has 2 aromatic carbocycles. The highest BCUT2D eigenvalue weighted by Crippen LogP contribution is 2.24. The second kappa shape index (κ2) is 9.30. The first-order valence-electron chi connectivity index (χ1n) is 10.8. The number of benzene rings is 2. The van der Waals surface area contributed by atoms with Crippen molar-refractivity contribution in [2.75, 3.05) is 13.1 Å². The number of carbonyl (C=O) groups is 1. The van der Waals surface area contributed by atoms with E-state index in [0.29, 0.717) is 18.6 Å². The molecule has 1 saturated heterocycles. The van der Waals surface area contributed by atoms with E-state index in [1.807, 2.05) is 37.3 Å². The van der Waals surface area contributed by atoms with Gasteiger partial charge in [0.2, 0.25) is 15.9 Å². The van der Waals surface area contributed by atoms with Gasteiger partial charge < -0.3 is 9.73 Å². The Balaban J connectivity index is 1.55. The summed E-state index contributed by atoms with van der Waals surface area (Å²) in [5, 5.41) is 2.87. The van der Waals surface area contributed by atoms with Crippen molar-refractivity contribution in [1.29, 1.82) is 0 Å². The van der Waals surface area contributed by atoms with Gasteiger partial charge in [0.25, 0.3) is 0 Å². The molecule has 0 unspecified atom stereocenters. The number of nitrogens with one attached hydrogen (secondary N) is 1. The normalized spacial score (nSPS) is 16.5. The van der Waals surface area contributed by atoms with E-state index >= 15 is 0 Å². The van der Waals surface area contributed by atoms with Crippen LogP contribution in [-0.2, 0) is 21.4 Å². The molecule has 0 spiro atoms. The summed E-state index contributed by atoms with van der Waals surface area (Å²) < 4.78 is 34.1. The van der Waals surface area contributed by atoms with E-state index in [1.165, 1.54) is 27.1 Å². The molecule has 2 heterocycles. The lowest BCUT2D eigenvalue weighted by Gasteiger charge is -2.19. The molecule has 0 bridgehead atoms. The lowest BCUT2D eigenvalue weighted by Crippen LogP contribution is -2.32. The third kappa shape index (κ3) is 4.63. The van der Waals surface area contributed by atoms with Crippen molar-refractivity contribution in [1.82, 2.24) is 14.2 Å². The SMILES string of the molecule is C[C@H](NC(=O)Cn1c(=O)oc2cc(S(=O)(=O)N3CCCCCC3)ccc21)c1ccccc1. The van der Waals surface area contributed by atoms with Crippen molar-refractivity contribution in [2.24, 2.45) is 0 Å². The first-order valence-corrected chi connectivity index (χ1v) is 12.3. The molecule has 0 saturated carbocycles. The zero-order valence-electron chi connectivity index (χ0n) is 18.0. The fourth-order valence-electron chi connectivity index (χ4n) is 4.04. The third-order valence-electron chi connectivity index (χ3n) is 5.82. The van der Waals surface area contributed by atoms with Crippen LogP contribution in [0.1, 0.15) is 44.2 Å². The molecule has 0 aliphatic carbocycles. The van der Waals surface area contributed by atoms with Crippen LogP contribution >= 0.6 is 0 Å². The lowest BCUT2D eigenvalue weighted by molar-refractivity contribution is -0.122. The molecule has 170 valence electrons. The maximum atomic E-state index is 13.0. The van der Waals surface area contributed by atoms with Gasteiger partial charge in [-0.3, -0.25) is 9.36 Å². The Labute approximate surface area is 186 Å². The molecule has 3 aromatic rings. The van der Waals surface area contributed by atoms with Gasteiger partial charge in [-0.2, -0.15) is 4.31 Å². The largest absolute Gasteiger partial charge is 0.420 e. The fourth-order valence-corrected chi connectivity index (χ4v) is 5.58. The predicted octanol–water partition coefficient (Wildman–Crippen LogP) is 3.04. The molecule has 0 radical (unpaired) electrons. The highest BCUT2D eigenvalue weighted by molar-refractivity contribution is 7.89. The summed E-state index contributed by atoms with van der Waals surface area (Å²) in [4.78, 5) is 25.0. The molecule has 1 aliphatic heterocycles. The van der Waals surface area contributed by atoms with Gasteiger partial charge in [0.15, 0.2) is 5.58 Å². The van der Waals surface area contributed by atoms with Crippen LogP contribution < -0.4 is 11.1 Å². The van der Waals surface area contributed by atoms with E-state index in [4.69, 9.17) is 4.42 Å². The molecular weight excluding hydrogens is 430 g/mol. The maximum absolute atomic E-state index is 13.0. The summed E-state index contributed by atoms with van der Waals surface area (Å²) in [6, 6.07) is 13.7. The van der Waals surface area contributed by atoms with Gasteiger partial charge in [0.1, 0.15) is 6.54 Å². The Kier molecular flexibility index (Phi) is 6.48. The zero-order valence-corrected chi connectivity index (χ0v) is 18.8. The molecule has 4 rings (SSSR count). The molecule has 1 atom stereocenters. The highest BCUT2D eigenvalue weighted by atomic mass is 32.2. The van der Waals surface area contributed by atoms with E-state index in [1.54, 1.807) is 0 Å². The van der Waals surface area contributed by atoms with Crippen molar-refractivity contribution < 1.29 is 17.6 Å². The molecule has 9 heteroatoms. The minimum atomic E-state index is -3.67. The molecule has 1 aliphatic rings. The van der Waals surface area contributed by atoms with Gasteiger partial charge in [-0.1, -0.05) is 43.2 Å². The summed E-state index contributed by atoms with van der Waals surface area (Å²) in [7, 11) is -3.67. The van der Waals surface area contributed by atoms with Crippen molar-refractivity contribution >= 4 is 27.0 Å². The van der Waals surface area contributed by atoms with Gasteiger partial charge in [-0.05, 0) is 37.5 Å². The van der Waals surface area contributed by atoms with Crippen LogP contribution in [0.25, 0.3) is 11.1 Å². The quantitative estimate of drug-likeness (QED) is 0.613. The van der Waals surface area contributed by atoms with Crippen molar-refractivity contribution in [3.63, 3.8) is 0 Å². The topological polar surface area (TPSA) is 102 Å². The van der Waals surface area contributed by atoms with Gasteiger partial charge in [0.05, 0.1) is 16.5 Å². The molecule has 1 aromatic heterocycles. The van der Waals surface area contributed by atoms with Gasteiger partial charge in [-0.15, -0.1) is 0 Å². The van der Waals surface area contributed by atoms with Crippen LogP contribution in [0.5, 0.6) is 0 Å². The van der Waals surface area contributed by atoms with Crippen LogP contribution in [0.2, 0.25) is 0 Å². The number of fused-ring (bicyclic) bond motifs is 1. The van der Waals surface area contributed by atoms with Crippen LogP contribution in [-0.4, -0.2) is 36.3 Å². The average Bonchev–Trinajstić information content (AvgIpc) is 2.96. The summed E-state index contributed by atoms with van der Waals surface area (Å²) in [6.45, 7) is 2.63. The van der Waals surface area contributed by atoms with E-state index < -0.39 is 15.8 Å². The second-order valence-electron chi connectivity index (χ2n) is 8.10. The second-order valence-corrected chi connectivity index (χ2v) is 10.0. The molecular formula is C23H27N3O5S. The minimum Gasteiger partial charge on any atom is -0.408 e. The minimum absolute atomic E-state index is 0.0925. The van der Waals surface area contributed by atoms with E-state index in [0.717, 1.165) is 31.2 Å². The number of carbonyl (C=O) groups excluding carboxylic acids is 1. The summed E-state index contributed by atoms with van der Waals surface area (Å²) in [5.41, 5.74) is 1.48. The molecule has 1 N–H and O–H groups in total. The number of nitrogens with zero attached hydrogens (tertiary/aromatic N) is 2. The van der Waals surface area contributed by atoms with E-state index in [-0.39, 0.29) is 29.0 Å². The molecule has 8 nitrogen and oxygen atoms in total. The first-order chi connectivity index (χ1) is 15.4. The number of amides is 1. The maximum Gasteiger partial charge on any atom is 0.420 e. The first kappa shape index (κ1) is 22.3. The standard InChI is InChI=1S/C23H27N3O5S/c1-17(18-9-5-4-6-10-18)24-22(27)16-26-20-12-11-19(15-21(20)31-23(26)28)32(29,30)25-13-7-2-3-8-14-25/h4-6,9-12,15,17H,2-3,7-8,13-14,16H2,1H3,(H,24,27)/t17-/m0/s1. The molecule has 1 fully saturated rings. The zero-order chi connectivity index (χ0) is 22.7. The van der Waals surface area contributed by atoms with Crippen molar-refractivity contribution in [3.8, 4) is 0 Å². The van der Waals surface area contributed by atoms with Gasteiger partial charge >= 0.3 is 5.76 Å². The molecule has 1 amide bonds. The van der Waals surface area contributed by atoms with Crippen LogP contribution in [0.15, 0.2) is 62.6 Å². The average molecular weight is 458 g/mol.